The number of rotatable bonds is 2. The largest absolute Gasteiger partial charge is 0.349 e. The van der Waals surface area contributed by atoms with Crippen LogP contribution >= 0.6 is 24.0 Å². The van der Waals surface area contributed by atoms with Gasteiger partial charge >= 0.3 is 0 Å². The van der Waals surface area contributed by atoms with E-state index >= 15 is 0 Å². The summed E-state index contributed by atoms with van der Waals surface area (Å²) in [5.74, 6) is 1.05. The minimum absolute atomic E-state index is 0. The number of hydrogen-bond donors (Lipinski definition) is 0. The van der Waals surface area contributed by atoms with Crippen LogP contribution in [-0.4, -0.2) is 75.0 Å². The van der Waals surface area contributed by atoms with Gasteiger partial charge in [0.1, 0.15) is 0 Å². The van der Waals surface area contributed by atoms with Gasteiger partial charge in [-0.2, -0.15) is 0 Å². The van der Waals surface area contributed by atoms with E-state index in [0.29, 0.717) is 6.04 Å². The molecule has 0 aromatic carbocycles. The van der Waals surface area contributed by atoms with Crippen LogP contribution in [0.5, 0.6) is 0 Å². The summed E-state index contributed by atoms with van der Waals surface area (Å²) in [5.41, 5.74) is 0. The smallest absolute Gasteiger partial charge is 0.195 e. The molecule has 0 amide bonds. The van der Waals surface area contributed by atoms with Crippen LogP contribution in [0.2, 0.25) is 0 Å². The first-order valence-corrected chi connectivity index (χ1v) is 5.61. The molecule has 96 valence electrons. The molecule has 0 bridgehead atoms. The van der Waals surface area contributed by atoms with Gasteiger partial charge in [-0.3, -0.25) is 4.99 Å². The van der Waals surface area contributed by atoms with Gasteiger partial charge in [-0.25, -0.2) is 0 Å². The molecule has 0 aromatic rings. The van der Waals surface area contributed by atoms with Gasteiger partial charge in [0.2, 0.25) is 0 Å². The Morgan fingerprint density at radius 3 is 2.19 bits per heavy atom. The van der Waals surface area contributed by atoms with Gasteiger partial charge in [-0.05, 0) is 26.4 Å². The topological polar surface area (TPSA) is 22.1 Å². The van der Waals surface area contributed by atoms with E-state index in [0.717, 1.165) is 12.5 Å². The number of halogens is 1. The maximum atomic E-state index is 4.68. The minimum atomic E-state index is 0. The van der Waals surface area contributed by atoms with Crippen molar-refractivity contribution in [3.63, 3.8) is 0 Å². The highest BCUT2D eigenvalue weighted by Gasteiger charge is 2.20. The van der Waals surface area contributed by atoms with E-state index in [1.54, 1.807) is 0 Å². The van der Waals surface area contributed by atoms with Crippen molar-refractivity contribution in [3.8, 4) is 0 Å². The number of aliphatic imine (C=N–C) groups is 1. The van der Waals surface area contributed by atoms with Crippen molar-refractivity contribution in [2.75, 3.05) is 48.3 Å². The minimum Gasteiger partial charge on any atom is -0.349 e. The summed E-state index contributed by atoms with van der Waals surface area (Å²) >= 11 is 0. The van der Waals surface area contributed by atoms with Crippen molar-refractivity contribution in [3.05, 3.63) is 0 Å². The van der Waals surface area contributed by atoms with Crippen molar-refractivity contribution in [2.45, 2.75) is 18.9 Å². The Kier molecular flexibility index (Phi) is 7.30. The maximum Gasteiger partial charge on any atom is 0.195 e. The lowest BCUT2D eigenvalue weighted by molar-refractivity contribution is 0.315. The van der Waals surface area contributed by atoms with E-state index in [9.17, 15) is 0 Å². The molecule has 1 saturated heterocycles. The van der Waals surface area contributed by atoms with Crippen LogP contribution in [0.4, 0.5) is 0 Å². The highest BCUT2D eigenvalue weighted by molar-refractivity contribution is 14.0. The molecular weight excluding hydrogens is 315 g/mol. The van der Waals surface area contributed by atoms with E-state index in [1.165, 1.54) is 19.4 Å². The molecule has 1 heterocycles. The summed E-state index contributed by atoms with van der Waals surface area (Å²) < 4.78 is 0. The first kappa shape index (κ1) is 16.0. The molecule has 5 heteroatoms. The second kappa shape index (κ2) is 7.32. The molecule has 0 spiro atoms. The van der Waals surface area contributed by atoms with E-state index in [4.69, 9.17) is 0 Å². The fourth-order valence-electron chi connectivity index (χ4n) is 2.08. The van der Waals surface area contributed by atoms with Gasteiger partial charge in [-0.1, -0.05) is 0 Å². The highest BCUT2D eigenvalue weighted by atomic mass is 127. The Hall–Kier alpha value is -0.0400. The summed E-state index contributed by atoms with van der Waals surface area (Å²) in [6.45, 7) is 2.14. The predicted octanol–water partition coefficient (Wildman–Crippen LogP) is 1.18. The third-order valence-electron chi connectivity index (χ3n) is 2.91. The molecule has 1 unspecified atom stereocenters. The number of hydrogen-bond acceptors (Lipinski definition) is 2. The first-order chi connectivity index (χ1) is 7.02. The van der Waals surface area contributed by atoms with Gasteiger partial charge in [0, 0.05) is 34.2 Å². The van der Waals surface area contributed by atoms with Crippen LogP contribution in [0.3, 0.4) is 0 Å². The van der Waals surface area contributed by atoms with Crippen LogP contribution in [0.25, 0.3) is 0 Å². The van der Waals surface area contributed by atoms with Crippen molar-refractivity contribution in [1.29, 1.82) is 0 Å². The standard InChI is InChI=1S/C11H24N4.HI/c1-13(2)11(14(3)4)12-9-10-7-6-8-15(10)5;/h10H,6-9H2,1-5H3;1H. The normalized spacial score (nSPS) is 20.2. The molecule has 16 heavy (non-hydrogen) atoms. The second-order valence-corrected chi connectivity index (χ2v) is 4.71. The van der Waals surface area contributed by atoms with E-state index in [-0.39, 0.29) is 24.0 Å². The molecule has 1 rings (SSSR count). The van der Waals surface area contributed by atoms with Gasteiger partial charge < -0.3 is 14.7 Å². The Morgan fingerprint density at radius 2 is 1.81 bits per heavy atom. The van der Waals surface area contributed by atoms with E-state index in [1.807, 2.05) is 28.2 Å². The average Bonchev–Trinajstić information content (AvgIpc) is 2.51. The molecule has 0 aromatic heterocycles. The SMILES string of the molecule is CN(C)C(=NCC1CCCN1C)N(C)C.I. The van der Waals surface area contributed by atoms with E-state index in [2.05, 4.69) is 26.7 Å². The lowest BCUT2D eigenvalue weighted by Gasteiger charge is -2.24. The second-order valence-electron chi connectivity index (χ2n) is 4.71. The predicted molar refractivity (Wildman–Crippen MR) is 80.7 cm³/mol. The average molecular weight is 340 g/mol. The number of guanidine groups is 1. The Bertz CT molecular complexity index is 218. The van der Waals surface area contributed by atoms with E-state index < -0.39 is 0 Å². The zero-order valence-electron chi connectivity index (χ0n) is 11.1. The summed E-state index contributed by atoms with van der Waals surface area (Å²) in [6.07, 6.45) is 2.60. The van der Waals surface area contributed by atoms with Crippen LogP contribution < -0.4 is 0 Å². The lowest BCUT2D eigenvalue weighted by atomic mass is 10.2. The molecule has 0 aliphatic carbocycles. The van der Waals surface area contributed by atoms with Gasteiger partial charge in [-0.15, -0.1) is 24.0 Å². The zero-order valence-corrected chi connectivity index (χ0v) is 13.4. The van der Waals surface area contributed by atoms with Crippen molar-refractivity contribution < 1.29 is 0 Å². The molecule has 1 fully saturated rings. The first-order valence-electron chi connectivity index (χ1n) is 5.61. The zero-order chi connectivity index (χ0) is 11.4. The van der Waals surface area contributed by atoms with Crippen molar-refractivity contribution >= 4 is 29.9 Å². The summed E-state index contributed by atoms with van der Waals surface area (Å²) in [7, 11) is 10.3. The summed E-state index contributed by atoms with van der Waals surface area (Å²) in [6, 6.07) is 0.639. The van der Waals surface area contributed by atoms with Crippen LogP contribution in [0, 0.1) is 0 Å². The summed E-state index contributed by atoms with van der Waals surface area (Å²) in [5, 5.41) is 0. The third kappa shape index (κ3) is 4.45. The molecule has 0 saturated carbocycles. The number of likely N-dealkylation sites (N-methyl/N-ethyl adjacent to an activating group) is 1. The number of nitrogens with zero attached hydrogens (tertiary/aromatic N) is 4. The molecule has 1 atom stereocenters. The highest BCUT2D eigenvalue weighted by Crippen LogP contribution is 2.14. The van der Waals surface area contributed by atoms with Crippen LogP contribution in [0.1, 0.15) is 12.8 Å². The Labute approximate surface area is 117 Å². The lowest BCUT2D eigenvalue weighted by Crippen LogP contribution is -2.37. The van der Waals surface area contributed by atoms with Crippen LogP contribution in [-0.2, 0) is 0 Å². The summed E-state index contributed by atoms with van der Waals surface area (Å²) in [4.78, 5) is 11.2. The molecule has 4 nitrogen and oxygen atoms in total. The molecular formula is C11H25IN4. The fourth-order valence-corrected chi connectivity index (χ4v) is 2.08. The maximum absolute atomic E-state index is 4.68. The fraction of sp³-hybridized carbons (Fsp3) is 0.909. The van der Waals surface area contributed by atoms with Gasteiger partial charge in [0.25, 0.3) is 0 Å². The van der Waals surface area contributed by atoms with Gasteiger partial charge in [0.15, 0.2) is 5.96 Å². The Balaban J connectivity index is 0.00000225. The molecule has 1 aliphatic rings. The molecule has 0 N–H and O–H groups in total. The molecule has 1 aliphatic heterocycles. The van der Waals surface area contributed by atoms with Gasteiger partial charge in [0.05, 0.1) is 6.54 Å². The van der Waals surface area contributed by atoms with Crippen molar-refractivity contribution in [1.82, 2.24) is 14.7 Å². The quantitative estimate of drug-likeness (QED) is 0.428. The third-order valence-corrected chi connectivity index (χ3v) is 2.91. The number of likely N-dealkylation sites (tertiary alicyclic amines) is 1. The van der Waals surface area contributed by atoms with Crippen LogP contribution in [0.15, 0.2) is 4.99 Å². The monoisotopic (exact) mass is 340 g/mol. The van der Waals surface area contributed by atoms with Crippen molar-refractivity contribution in [2.24, 2.45) is 4.99 Å². The molecule has 0 radical (unpaired) electrons. The Morgan fingerprint density at radius 1 is 1.25 bits per heavy atom.